The molecule has 1 aromatic heterocycles. The van der Waals surface area contributed by atoms with E-state index in [2.05, 4.69) is 16.5 Å². The molecule has 0 radical (unpaired) electrons. The van der Waals surface area contributed by atoms with Gasteiger partial charge >= 0.3 is 0 Å². The van der Waals surface area contributed by atoms with Gasteiger partial charge in [0.25, 0.3) is 0 Å². The largest absolute Gasteiger partial charge is 0.314 e. The molecule has 0 amide bonds. The van der Waals surface area contributed by atoms with Crippen molar-refractivity contribution in [2.24, 2.45) is 5.92 Å². The molecule has 0 unspecified atom stereocenters. The van der Waals surface area contributed by atoms with Crippen LogP contribution in [0.2, 0.25) is 0 Å². The van der Waals surface area contributed by atoms with Gasteiger partial charge in [0.1, 0.15) is 0 Å². The van der Waals surface area contributed by atoms with Gasteiger partial charge in [0.15, 0.2) is 0 Å². The van der Waals surface area contributed by atoms with E-state index in [9.17, 15) is 0 Å². The third-order valence-corrected chi connectivity index (χ3v) is 3.41. The molecule has 1 aliphatic carbocycles. The van der Waals surface area contributed by atoms with Crippen LogP contribution in [0.1, 0.15) is 32.1 Å². The van der Waals surface area contributed by atoms with Crippen LogP contribution >= 0.6 is 0 Å². The zero-order valence-electron chi connectivity index (χ0n) is 10.2. The molecule has 92 valence electrons. The third-order valence-electron chi connectivity index (χ3n) is 3.41. The number of aromatic nitrogens is 2. The molecule has 1 heterocycles. The van der Waals surface area contributed by atoms with Crippen LogP contribution in [0.25, 0.3) is 0 Å². The first-order valence-electron chi connectivity index (χ1n) is 6.49. The van der Waals surface area contributed by atoms with Crippen LogP contribution in [0, 0.1) is 17.2 Å². The molecule has 1 aliphatic rings. The molecule has 0 bridgehead atoms. The van der Waals surface area contributed by atoms with Crippen LogP contribution < -0.4 is 5.32 Å². The Morgan fingerprint density at radius 1 is 1.47 bits per heavy atom. The molecular weight excluding hydrogens is 212 g/mol. The van der Waals surface area contributed by atoms with Crippen molar-refractivity contribution in [3.05, 3.63) is 18.5 Å². The fraction of sp³-hybridized carbons (Fsp3) is 0.692. The number of nitriles is 1. The minimum absolute atomic E-state index is 0.271. The molecule has 0 aliphatic heterocycles. The van der Waals surface area contributed by atoms with Gasteiger partial charge in [-0.1, -0.05) is 6.42 Å². The first kappa shape index (κ1) is 12.1. The second-order valence-corrected chi connectivity index (χ2v) is 4.77. The van der Waals surface area contributed by atoms with Gasteiger partial charge in [0.05, 0.1) is 6.07 Å². The summed E-state index contributed by atoms with van der Waals surface area (Å²) in [5, 5.41) is 16.6. The Labute approximate surface area is 103 Å². The van der Waals surface area contributed by atoms with E-state index in [1.807, 2.05) is 23.1 Å². The highest BCUT2D eigenvalue weighted by Gasteiger charge is 2.20. The molecule has 1 N–H and O–H groups in total. The fourth-order valence-electron chi connectivity index (χ4n) is 2.47. The maximum Gasteiger partial charge on any atom is 0.0656 e. The molecular formula is C13H20N4. The summed E-state index contributed by atoms with van der Waals surface area (Å²) in [6.45, 7) is 1.98. The topological polar surface area (TPSA) is 53.6 Å². The molecule has 0 saturated heterocycles. The van der Waals surface area contributed by atoms with Gasteiger partial charge in [-0.15, -0.1) is 0 Å². The fourth-order valence-corrected chi connectivity index (χ4v) is 2.47. The van der Waals surface area contributed by atoms with Crippen molar-refractivity contribution in [2.75, 3.05) is 6.54 Å². The first-order valence-corrected chi connectivity index (χ1v) is 6.49. The van der Waals surface area contributed by atoms with Crippen molar-refractivity contribution in [1.29, 1.82) is 5.26 Å². The van der Waals surface area contributed by atoms with Crippen LogP contribution in [0.4, 0.5) is 0 Å². The van der Waals surface area contributed by atoms with Gasteiger partial charge in [0.2, 0.25) is 0 Å². The van der Waals surface area contributed by atoms with Crippen LogP contribution in [0.15, 0.2) is 18.5 Å². The van der Waals surface area contributed by atoms with Gasteiger partial charge in [-0.05, 0) is 38.3 Å². The van der Waals surface area contributed by atoms with Crippen molar-refractivity contribution in [2.45, 2.75) is 44.7 Å². The van der Waals surface area contributed by atoms with E-state index in [0.29, 0.717) is 6.04 Å². The zero-order chi connectivity index (χ0) is 11.9. The molecule has 4 heteroatoms. The Hall–Kier alpha value is -1.34. The van der Waals surface area contributed by atoms with Crippen molar-refractivity contribution in [3.63, 3.8) is 0 Å². The lowest BCUT2D eigenvalue weighted by Crippen LogP contribution is -2.34. The number of nitrogens with one attached hydrogen (secondary N) is 1. The van der Waals surface area contributed by atoms with Gasteiger partial charge in [-0.3, -0.25) is 4.68 Å². The summed E-state index contributed by atoms with van der Waals surface area (Å²) in [4.78, 5) is 0. The smallest absolute Gasteiger partial charge is 0.0656 e. The quantitative estimate of drug-likeness (QED) is 0.789. The van der Waals surface area contributed by atoms with E-state index in [4.69, 9.17) is 5.26 Å². The second kappa shape index (κ2) is 6.41. The van der Waals surface area contributed by atoms with Crippen molar-refractivity contribution < 1.29 is 0 Å². The Morgan fingerprint density at radius 3 is 3.18 bits per heavy atom. The lowest BCUT2D eigenvalue weighted by Gasteiger charge is -2.26. The monoisotopic (exact) mass is 232 g/mol. The summed E-state index contributed by atoms with van der Waals surface area (Å²) in [6, 6.07) is 4.89. The molecule has 1 aromatic rings. The van der Waals surface area contributed by atoms with E-state index in [1.165, 1.54) is 12.8 Å². The van der Waals surface area contributed by atoms with Crippen LogP contribution in [-0.4, -0.2) is 22.4 Å². The molecule has 2 atom stereocenters. The lowest BCUT2D eigenvalue weighted by atomic mass is 9.87. The maximum absolute atomic E-state index is 8.92. The highest BCUT2D eigenvalue weighted by atomic mass is 15.3. The van der Waals surface area contributed by atoms with Crippen molar-refractivity contribution in [1.82, 2.24) is 15.1 Å². The Kier molecular flexibility index (Phi) is 4.57. The summed E-state index contributed by atoms with van der Waals surface area (Å²) >= 11 is 0. The van der Waals surface area contributed by atoms with Crippen LogP contribution in [0.5, 0.6) is 0 Å². The number of aryl methyl sites for hydroxylation is 1. The normalized spacial score (nSPS) is 24.4. The minimum atomic E-state index is 0.271. The molecule has 1 fully saturated rings. The molecule has 2 rings (SSSR count). The molecule has 17 heavy (non-hydrogen) atoms. The lowest BCUT2D eigenvalue weighted by molar-refractivity contribution is 0.324. The van der Waals surface area contributed by atoms with E-state index in [0.717, 1.165) is 32.4 Å². The van der Waals surface area contributed by atoms with Gasteiger partial charge in [-0.25, -0.2) is 0 Å². The van der Waals surface area contributed by atoms with Crippen LogP contribution in [-0.2, 0) is 6.54 Å². The number of hydrogen-bond acceptors (Lipinski definition) is 3. The summed E-state index contributed by atoms with van der Waals surface area (Å²) in [5.41, 5.74) is 0. The van der Waals surface area contributed by atoms with Crippen molar-refractivity contribution >= 4 is 0 Å². The molecule has 0 spiro atoms. The van der Waals surface area contributed by atoms with Gasteiger partial charge < -0.3 is 5.32 Å². The van der Waals surface area contributed by atoms with Crippen molar-refractivity contribution in [3.8, 4) is 6.07 Å². The zero-order valence-corrected chi connectivity index (χ0v) is 10.2. The third kappa shape index (κ3) is 3.86. The first-order chi connectivity index (χ1) is 8.38. The minimum Gasteiger partial charge on any atom is -0.314 e. The Bertz CT molecular complexity index is 352. The maximum atomic E-state index is 8.92. The van der Waals surface area contributed by atoms with Gasteiger partial charge in [-0.2, -0.15) is 10.4 Å². The number of hydrogen-bond donors (Lipinski definition) is 1. The highest BCUT2D eigenvalue weighted by molar-refractivity contribution is 4.90. The second-order valence-electron chi connectivity index (χ2n) is 4.77. The molecule has 1 saturated carbocycles. The van der Waals surface area contributed by atoms with E-state index in [1.54, 1.807) is 0 Å². The van der Waals surface area contributed by atoms with E-state index < -0.39 is 0 Å². The molecule has 0 aromatic carbocycles. The summed E-state index contributed by atoms with van der Waals surface area (Å²) in [6.07, 6.45) is 9.42. The number of nitrogens with zero attached hydrogens (tertiary/aromatic N) is 3. The van der Waals surface area contributed by atoms with Gasteiger partial charge in [0, 0.05) is 30.9 Å². The summed E-state index contributed by atoms with van der Waals surface area (Å²) < 4.78 is 1.96. The van der Waals surface area contributed by atoms with Crippen LogP contribution in [0.3, 0.4) is 0 Å². The number of rotatable bonds is 5. The Morgan fingerprint density at radius 2 is 2.41 bits per heavy atom. The standard InChI is InChI=1S/C13H20N4/c14-11-12-4-1-5-13(10-12)15-6-2-8-17-9-3-7-16-17/h3,7,9,12-13,15H,1-2,4-6,8,10H2/t12-,13+/m0/s1. The highest BCUT2D eigenvalue weighted by Crippen LogP contribution is 2.23. The Balaban J connectivity index is 1.60. The van der Waals surface area contributed by atoms with E-state index >= 15 is 0 Å². The summed E-state index contributed by atoms with van der Waals surface area (Å²) in [5.74, 6) is 0.271. The molecule has 4 nitrogen and oxygen atoms in total. The predicted molar refractivity (Wildman–Crippen MR) is 66.2 cm³/mol. The summed E-state index contributed by atoms with van der Waals surface area (Å²) in [7, 11) is 0. The predicted octanol–water partition coefficient (Wildman–Crippen LogP) is 1.95. The average molecular weight is 232 g/mol. The SMILES string of the molecule is N#C[C@H]1CCC[C@@H](NCCCn2cccn2)C1. The van der Waals surface area contributed by atoms with E-state index in [-0.39, 0.29) is 5.92 Å². The average Bonchev–Trinajstić information content (AvgIpc) is 2.88.